The first-order chi connectivity index (χ1) is 29.4. The standard InChI is InChI=1S/C47H85O13P/c1-3-5-7-9-11-13-15-17-18-19-20-21-22-24-26-28-30-32-34-36-41(49)59-39(38-58-61(55,56)60-47-45(53)43(51)42(50)44(52)46(47)54)37-57-40(48)35-33-31-29-27-25-23-16-14-12-10-8-6-4-2/h11,13,17-18,20-21,39,42-47,50-54H,3-10,12,14-16,19,22-38H2,1-2H3,(H,55,56)/t39-,42?,43-,44?,45?,46?,47?/m1/s1. The van der Waals surface area contributed by atoms with Crippen molar-refractivity contribution in [2.24, 2.45) is 0 Å². The van der Waals surface area contributed by atoms with E-state index in [0.29, 0.717) is 12.8 Å². The molecule has 13 nitrogen and oxygen atoms in total. The Labute approximate surface area is 368 Å². The number of esters is 2. The number of rotatable bonds is 39. The van der Waals surface area contributed by atoms with Gasteiger partial charge in [-0.2, -0.15) is 0 Å². The molecular formula is C47H85O13P. The summed E-state index contributed by atoms with van der Waals surface area (Å²) in [6.45, 7) is 3.26. The van der Waals surface area contributed by atoms with Crippen molar-refractivity contribution in [2.45, 2.75) is 236 Å². The molecule has 1 aliphatic carbocycles. The van der Waals surface area contributed by atoms with E-state index in [1.54, 1.807) is 0 Å². The number of hydrogen-bond acceptors (Lipinski definition) is 12. The Morgan fingerprint density at radius 1 is 0.508 bits per heavy atom. The predicted octanol–water partition coefficient (Wildman–Crippen LogP) is 9.39. The van der Waals surface area contributed by atoms with Crippen molar-refractivity contribution in [3.8, 4) is 0 Å². The molecule has 0 saturated heterocycles. The van der Waals surface area contributed by atoms with Gasteiger partial charge in [0.1, 0.15) is 43.2 Å². The largest absolute Gasteiger partial charge is 0.472 e. The summed E-state index contributed by atoms with van der Waals surface area (Å²) in [6.07, 6.45) is 29.0. The van der Waals surface area contributed by atoms with Gasteiger partial charge in [-0.1, -0.05) is 166 Å². The van der Waals surface area contributed by atoms with Crippen LogP contribution in [-0.4, -0.2) is 98.3 Å². The molecule has 0 aromatic heterocycles. The van der Waals surface area contributed by atoms with E-state index in [0.717, 1.165) is 77.0 Å². The fraction of sp³-hybridized carbons (Fsp3) is 0.830. The number of allylic oxidation sites excluding steroid dienone is 6. The number of hydrogen-bond donors (Lipinski definition) is 6. The summed E-state index contributed by atoms with van der Waals surface area (Å²) >= 11 is 0. The highest BCUT2D eigenvalue weighted by Gasteiger charge is 2.51. The summed E-state index contributed by atoms with van der Waals surface area (Å²) in [5.74, 6) is -1.11. The summed E-state index contributed by atoms with van der Waals surface area (Å²) in [4.78, 5) is 35.7. The van der Waals surface area contributed by atoms with Crippen molar-refractivity contribution in [3.63, 3.8) is 0 Å². The minimum atomic E-state index is -5.12. The SMILES string of the molecule is CCCCCC=CCC=CCC=CCCCCCCCCC(=O)O[C@H](COC(=O)CCCCCCCCCCCCCCC)COP(=O)(O)OC1C(O)C(O)C(O)[C@@H](O)C1O. The van der Waals surface area contributed by atoms with E-state index in [2.05, 4.69) is 50.3 Å². The zero-order chi connectivity index (χ0) is 45.0. The molecule has 1 rings (SSSR count). The van der Waals surface area contributed by atoms with Crippen LogP contribution in [0.5, 0.6) is 0 Å². The molecule has 1 fully saturated rings. The van der Waals surface area contributed by atoms with Crippen LogP contribution in [0.2, 0.25) is 0 Å². The maximum atomic E-state index is 12.8. The highest BCUT2D eigenvalue weighted by molar-refractivity contribution is 7.47. The molecule has 14 heteroatoms. The molecule has 0 heterocycles. The molecule has 356 valence electrons. The number of carbonyl (C=O) groups is 2. The molecule has 0 aromatic carbocycles. The minimum Gasteiger partial charge on any atom is -0.462 e. The van der Waals surface area contributed by atoms with Gasteiger partial charge in [0.25, 0.3) is 0 Å². The van der Waals surface area contributed by atoms with Crippen molar-refractivity contribution in [1.29, 1.82) is 0 Å². The highest BCUT2D eigenvalue weighted by Crippen LogP contribution is 2.47. The third-order valence-corrected chi connectivity index (χ3v) is 12.0. The number of carbonyl (C=O) groups excluding carboxylic acids is 2. The van der Waals surface area contributed by atoms with Crippen LogP contribution in [0, 0.1) is 0 Å². The van der Waals surface area contributed by atoms with Crippen molar-refractivity contribution in [1.82, 2.24) is 0 Å². The second-order valence-corrected chi connectivity index (χ2v) is 18.0. The zero-order valence-corrected chi connectivity index (χ0v) is 38.6. The molecule has 1 saturated carbocycles. The number of aliphatic hydroxyl groups is 5. The van der Waals surface area contributed by atoms with Crippen molar-refractivity contribution in [3.05, 3.63) is 36.5 Å². The van der Waals surface area contributed by atoms with Gasteiger partial charge in [-0.3, -0.25) is 18.6 Å². The number of ether oxygens (including phenoxy) is 2. The first kappa shape index (κ1) is 57.1. The molecule has 0 aromatic rings. The van der Waals surface area contributed by atoms with E-state index in [1.807, 2.05) is 0 Å². The maximum Gasteiger partial charge on any atom is 0.472 e. The lowest BCUT2D eigenvalue weighted by molar-refractivity contribution is -0.220. The van der Waals surface area contributed by atoms with Gasteiger partial charge in [-0.15, -0.1) is 0 Å². The summed E-state index contributed by atoms with van der Waals surface area (Å²) in [5, 5.41) is 50.2. The summed E-state index contributed by atoms with van der Waals surface area (Å²) < 4.78 is 33.5. The van der Waals surface area contributed by atoms with Crippen LogP contribution in [0.25, 0.3) is 0 Å². The van der Waals surface area contributed by atoms with Gasteiger partial charge in [0.05, 0.1) is 6.61 Å². The van der Waals surface area contributed by atoms with Gasteiger partial charge in [0.15, 0.2) is 6.10 Å². The van der Waals surface area contributed by atoms with E-state index in [4.69, 9.17) is 18.5 Å². The first-order valence-electron chi connectivity index (χ1n) is 23.8. The molecule has 0 amide bonds. The van der Waals surface area contributed by atoms with E-state index >= 15 is 0 Å². The lowest BCUT2D eigenvalue weighted by Crippen LogP contribution is -2.64. The summed E-state index contributed by atoms with van der Waals surface area (Å²) in [6, 6.07) is 0. The predicted molar refractivity (Wildman–Crippen MR) is 240 cm³/mol. The fourth-order valence-corrected chi connectivity index (χ4v) is 8.09. The van der Waals surface area contributed by atoms with Gasteiger partial charge in [-0.25, -0.2) is 4.57 Å². The monoisotopic (exact) mass is 889 g/mol. The Balaban J connectivity index is 2.45. The van der Waals surface area contributed by atoms with Crippen LogP contribution in [0.1, 0.15) is 194 Å². The lowest BCUT2D eigenvalue weighted by atomic mass is 9.85. The third-order valence-electron chi connectivity index (χ3n) is 11.0. The van der Waals surface area contributed by atoms with Crippen molar-refractivity contribution >= 4 is 19.8 Å². The van der Waals surface area contributed by atoms with Crippen LogP contribution in [0.15, 0.2) is 36.5 Å². The van der Waals surface area contributed by atoms with Gasteiger partial charge >= 0.3 is 19.8 Å². The topological polar surface area (TPSA) is 210 Å². The summed E-state index contributed by atoms with van der Waals surface area (Å²) in [5.41, 5.74) is 0. The van der Waals surface area contributed by atoms with E-state index in [9.17, 15) is 44.6 Å². The Kier molecular flexibility index (Phi) is 35.0. The van der Waals surface area contributed by atoms with Crippen LogP contribution in [-0.2, 0) is 32.7 Å². The fourth-order valence-electron chi connectivity index (χ4n) is 7.12. The molecular weight excluding hydrogens is 803 g/mol. The normalized spacial score (nSPS) is 22.3. The molecule has 61 heavy (non-hydrogen) atoms. The minimum absolute atomic E-state index is 0.0835. The van der Waals surface area contributed by atoms with E-state index in [-0.39, 0.29) is 12.8 Å². The van der Waals surface area contributed by atoms with Gasteiger partial charge in [0, 0.05) is 12.8 Å². The maximum absolute atomic E-state index is 12.8. The highest BCUT2D eigenvalue weighted by atomic mass is 31.2. The van der Waals surface area contributed by atoms with E-state index in [1.165, 1.54) is 77.0 Å². The molecule has 0 radical (unpaired) electrons. The molecule has 1 aliphatic rings. The number of phosphoric acid groups is 1. The van der Waals surface area contributed by atoms with Crippen molar-refractivity contribution in [2.75, 3.05) is 13.2 Å². The molecule has 0 aliphatic heterocycles. The lowest BCUT2D eigenvalue weighted by Gasteiger charge is -2.41. The van der Waals surface area contributed by atoms with Gasteiger partial charge in [-0.05, 0) is 51.4 Å². The van der Waals surface area contributed by atoms with E-state index < -0.39 is 75.7 Å². The van der Waals surface area contributed by atoms with Crippen LogP contribution >= 0.6 is 7.82 Å². The zero-order valence-electron chi connectivity index (χ0n) is 37.7. The Morgan fingerprint density at radius 2 is 0.885 bits per heavy atom. The third kappa shape index (κ3) is 30.0. The Morgan fingerprint density at radius 3 is 1.38 bits per heavy atom. The van der Waals surface area contributed by atoms with Crippen LogP contribution in [0.3, 0.4) is 0 Å². The quantitative estimate of drug-likeness (QED) is 0.0147. The molecule has 6 unspecified atom stereocenters. The van der Waals surface area contributed by atoms with Gasteiger partial charge < -0.3 is 39.9 Å². The second kappa shape index (κ2) is 37.4. The second-order valence-electron chi connectivity index (χ2n) is 16.6. The molecule has 8 atom stereocenters. The smallest absolute Gasteiger partial charge is 0.462 e. The van der Waals surface area contributed by atoms with Crippen LogP contribution in [0.4, 0.5) is 0 Å². The Hall–Kier alpha value is -1.93. The average molecular weight is 889 g/mol. The first-order valence-corrected chi connectivity index (χ1v) is 25.3. The Bertz CT molecular complexity index is 1210. The number of phosphoric ester groups is 1. The molecule has 6 N–H and O–H groups in total. The molecule has 0 bridgehead atoms. The van der Waals surface area contributed by atoms with Crippen molar-refractivity contribution < 1.29 is 63.1 Å². The number of unbranched alkanes of at least 4 members (excludes halogenated alkanes) is 21. The number of aliphatic hydroxyl groups excluding tert-OH is 5. The average Bonchev–Trinajstić information content (AvgIpc) is 3.24. The molecule has 0 spiro atoms. The van der Waals surface area contributed by atoms with Gasteiger partial charge in [0.2, 0.25) is 0 Å². The summed E-state index contributed by atoms with van der Waals surface area (Å²) in [7, 11) is -5.12. The van der Waals surface area contributed by atoms with Crippen LogP contribution < -0.4 is 0 Å².